The maximum absolute atomic E-state index is 12.9. The average Bonchev–Trinajstić information content (AvgIpc) is 2.65. The van der Waals surface area contributed by atoms with Gasteiger partial charge in [0.25, 0.3) is 5.56 Å². The summed E-state index contributed by atoms with van der Waals surface area (Å²) < 4.78 is 7.32. The second-order valence-electron chi connectivity index (χ2n) is 6.63. The van der Waals surface area contributed by atoms with Crippen molar-refractivity contribution < 1.29 is 4.74 Å². The molecule has 1 N–H and O–H groups in total. The number of rotatable bonds is 3. The van der Waals surface area contributed by atoms with Crippen LogP contribution in [-0.2, 0) is 11.3 Å². The number of benzene rings is 1. The Bertz CT molecular complexity index is 761. The monoisotopic (exact) mass is 328 g/mol. The van der Waals surface area contributed by atoms with Crippen molar-refractivity contribution in [2.24, 2.45) is 0 Å². The summed E-state index contributed by atoms with van der Waals surface area (Å²) >= 11 is 0. The fourth-order valence-corrected chi connectivity index (χ4v) is 3.56. The third-order valence-corrected chi connectivity index (χ3v) is 4.97. The van der Waals surface area contributed by atoms with E-state index in [9.17, 15) is 4.79 Å². The van der Waals surface area contributed by atoms with Crippen LogP contribution in [0.4, 0.5) is 5.69 Å². The first kappa shape index (κ1) is 15.6. The molecule has 6 nitrogen and oxygen atoms in total. The molecule has 128 valence electrons. The number of nitrogens with one attached hydrogen (secondary N) is 1. The molecule has 24 heavy (non-hydrogen) atoms. The largest absolute Gasteiger partial charge is 0.376 e. The summed E-state index contributed by atoms with van der Waals surface area (Å²) in [7, 11) is 0. The predicted octanol–water partition coefficient (Wildman–Crippen LogP) is 1.38. The van der Waals surface area contributed by atoms with Gasteiger partial charge in [-0.2, -0.15) is 5.10 Å². The van der Waals surface area contributed by atoms with Crippen molar-refractivity contribution in [2.45, 2.75) is 31.9 Å². The fourth-order valence-electron chi connectivity index (χ4n) is 3.56. The zero-order valence-electron chi connectivity index (χ0n) is 13.9. The van der Waals surface area contributed by atoms with Crippen LogP contribution in [0.15, 0.2) is 29.2 Å². The molecule has 1 atom stereocenters. The Balaban J connectivity index is 1.64. The predicted molar refractivity (Wildman–Crippen MR) is 94.7 cm³/mol. The van der Waals surface area contributed by atoms with Crippen LogP contribution in [0.3, 0.4) is 0 Å². The van der Waals surface area contributed by atoms with Gasteiger partial charge in [-0.05, 0) is 31.4 Å². The van der Waals surface area contributed by atoms with Gasteiger partial charge in [0.2, 0.25) is 0 Å². The quantitative estimate of drug-likeness (QED) is 0.922. The molecule has 3 heterocycles. The Kier molecular flexibility index (Phi) is 4.49. The normalized spacial score (nSPS) is 22.0. The molecule has 4 rings (SSSR count). The summed E-state index contributed by atoms with van der Waals surface area (Å²) in [5.41, 5.74) is 1.10. The van der Waals surface area contributed by atoms with Crippen molar-refractivity contribution in [2.75, 3.05) is 37.7 Å². The maximum Gasteiger partial charge on any atom is 0.274 e. The minimum atomic E-state index is -0.0151. The minimum absolute atomic E-state index is 0.0151. The Labute approximate surface area is 141 Å². The first-order valence-electron chi connectivity index (χ1n) is 8.88. The molecule has 0 amide bonds. The number of aromatic nitrogens is 2. The van der Waals surface area contributed by atoms with E-state index in [1.807, 2.05) is 12.1 Å². The molecule has 1 aromatic heterocycles. The van der Waals surface area contributed by atoms with E-state index in [-0.39, 0.29) is 11.7 Å². The number of hydrogen-bond acceptors (Lipinski definition) is 5. The van der Waals surface area contributed by atoms with Crippen molar-refractivity contribution in [3.63, 3.8) is 0 Å². The molecule has 2 fully saturated rings. The van der Waals surface area contributed by atoms with E-state index in [0.717, 1.165) is 62.1 Å². The standard InChI is InChI=1S/C18H24N4O2/c23-18-17-11-15(21-8-6-19-7-9-21)5-4-14(17)12-20-22(18)13-16-3-1-2-10-24-16/h4-5,11-12,16,19H,1-3,6-10,13H2. The van der Waals surface area contributed by atoms with Gasteiger partial charge in [0.1, 0.15) is 0 Å². The summed E-state index contributed by atoms with van der Waals surface area (Å²) in [4.78, 5) is 15.2. The number of hydrogen-bond donors (Lipinski definition) is 1. The molecule has 2 aliphatic rings. The molecule has 1 unspecified atom stereocenters. The Hall–Kier alpha value is -1.92. The molecule has 0 saturated carbocycles. The smallest absolute Gasteiger partial charge is 0.274 e. The highest BCUT2D eigenvalue weighted by Gasteiger charge is 2.17. The van der Waals surface area contributed by atoms with E-state index in [1.54, 1.807) is 10.9 Å². The number of anilines is 1. The van der Waals surface area contributed by atoms with Gasteiger partial charge in [-0.15, -0.1) is 0 Å². The third-order valence-electron chi connectivity index (χ3n) is 4.97. The van der Waals surface area contributed by atoms with Gasteiger partial charge < -0.3 is 15.0 Å². The molecular formula is C18H24N4O2. The Morgan fingerprint density at radius 3 is 2.92 bits per heavy atom. The zero-order chi connectivity index (χ0) is 16.4. The van der Waals surface area contributed by atoms with Crippen LogP contribution in [0.5, 0.6) is 0 Å². The van der Waals surface area contributed by atoms with E-state index in [1.165, 1.54) is 6.42 Å². The topological polar surface area (TPSA) is 59.4 Å². The second kappa shape index (κ2) is 6.91. The van der Waals surface area contributed by atoms with Crippen molar-refractivity contribution in [3.8, 4) is 0 Å². The number of fused-ring (bicyclic) bond motifs is 1. The van der Waals surface area contributed by atoms with Crippen molar-refractivity contribution >= 4 is 16.5 Å². The highest BCUT2D eigenvalue weighted by Crippen LogP contribution is 2.20. The van der Waals surface area contributed by atoms with Gasteiger partial charge in [-0.3, -0.25) is 4.79 Å². The van der Waals surface area contributed by atoms with Crippen LogP contribution >= 0.6 is 0 Å². The SMILES string of the molecule is O=c1c2cc(N3CCNCC3)ccc2cnn1CC1CCCCO1. The Morgan fingerprint density at radius 2 is 2.12 bits per heavy atom. The van der Waals surface area contributed by atoms with Gasteiger partial charge in [0.15, 0.2) is 0 Å². The van der Waals surface area contributed by atoms with Gasteiger partial charge >= 0.3 is 0 Å². The van der Waals surface area contributed by atoms with E-state index >= 15 is 0 Å². The van der Waals surface area contributed by atoms with E-state index < -0.39 is 0 Å². The lowest BCUT2D eigenvalue weighted by Gasteiger charge is -2.29. The van der Waals surface area contributed by atoms with E-state index in [2.05, 4.69) is 21.4 Å². The van der Waals surface area contributed by atoms with Crippen LogP contribution in [0.25, 0.3) is 10.8 Å². The first-order chi connectivity index (χ1) is 11.8. The number of nitrogens with zero attached hydrogens (tertiary/aromatic N) is 3. The van der Waals surface area contributed by atoms with E-state index in [0.29, 0.717) is 6.54 Å². The zero-order valence-corrected chi connectivity index (χ0v) is 13.9. The summed E-state index contributed by atoms with van der Waals surface area (Å²) in [5, 5.41) is 9.35. The van der Waals surface area contributed by atoms with Crippen molar-refractivity contribution in [3.05, 3.63) is 34.7 Å². The molecule has 2 aliphatic heterocycles. The lowest BCUT2D eigenvalue weighted by Crippen LogP contribution is -2.43. The molecule has 0 aliphatic carbocycles. The van der Waals surface area contributed by atoms with Crippen molar-refractivity contribution in [1.82, 2.24) is 15.1 Å². The molecular weight excluding hydrogens is 304 g/mol. The fraction of sp³-hybridized carbons (Fsp3) is 0.556. The summed E-state index contributed by atoms with van der Waals surface area (Å²) in [6.45, 7) is 5.25. The average molecular weight is 328 g/mol. The third kappa shape index (κ3) is 3.16. The molecule has 1 aromatic carbocycles. The molecule has 2 aromatic rings. The van der Waals surface area contributed by atoms with Gasteiger partial charge in [-0.25, -0.2) is 4.68 Å². The van der Waals surface area contributed by atoms with Crippen LogP contribution in [0.1, 0.15) is 19.3 Å². The lowest BCUT2D eigenvalue weighted by molar-refractivity contribution is 0.00326. The highest BCUT2D eigenvalue weighted by molar-refractivity contribution is 5.84. The van der Waals surface area contributed by atoms with Crippen LogP contribution < -0.4 is 15.8 Å². The van der Waals surface area contributed by atoms with Crippen LogP contribution in [0, 0.1) is 0 Å². The number of ether oxygens (including phenoxy) is 1. The van der Waals surface area contributed by atoms with Crippen molar-refractivity contribution in [1.29, 1.82) is 0 Å². The molecule has 0 bridgehead atoms. The Morgan fingerprint density at radius 1 is 1.25 bits per heavy atom. The lowest BCUT2D eigenvalue weighted by atomic mass is 10.1. The molecule has 0 spiro atoms. The van der Waals surface area contributed by atoms with Gasteiger partial charge in [-0.1, -0.05) is 6.07 Å². The number of piperazine rings is 1. The van der Waals surface area contributed by atoms with Gasteiger partial charge in [0, 0.05) is 43.9 Å². The van der Waals surface area contributed by atoms with E-state index in [4.69, 9.17) is 4.74 Å². The molecule has 6 heteroatoms. The molecule has 2 saturated heterocycles. The first-order valence-corrected chi connectivity index (χ1v) is 8.88. The maximum atomic E-state index is 12.9. The summed E-state index contributed by atoms with van der Waals surface area (Å²) in [5.74, 6) is 0. The van der Waals surface area contributed by atoms with Gasteiger partial charge in [0.05, 0.1) is 24.2 Å². The second-order valence-corrected chi connectivity index (χ2v) is 6.63. The molecule has 0 radical (unpaired) electrons. The summed E-state index contributed by atoms with van der Waals surface area (Å²) in [6, 6.07) is 6.11. The minimum Gasteiger partial charge on any atom is -0.376 e. The van der Waals surface area contributed by atoms with Crippen LogP contribution in [0.2, 0.25) is 0 Å². The highest BCUT2D eigenvalue weighted by atomic mass is 16.5. The summed E-state index contributed by atoms with van der Waals surface area (Å²) in [6.07, 6.45) is 5.19. The van der Waals surface area contributed by atoms with Crippen LogP contribution in [-0.4, -0.2) is 48.7 Å².